The summed E-state index contributed by atoms with van der Waals surface area (Å²) in [6, 6.07) is 10.2. The number of carbonyl (C=O) groups excluding carboxylic acids is 3. The number of rotatable bonds is 5. The molecule has 0 radical (unpaired) electrons. The highest BCUT2D eigenvalue weighted by Gasteiger charge is 2.39. The molecule has 0 aromatic heterocycles. The van der Waals surface area contributed by atoms with E-state index >= 15 is 0 Å². The fraction of sp³-hybridized carbons (Fsp3) is 0.348. The minimum absolute atomic E-state index is 0.0621. The first kappa shape index (κ1) is 22.6. The highest BCUT2D eigenvalue weighted by molar-refractivity contribution is 6.02. The summed E-state index contributed by atoms with van der Waals surface area (Å²) in [5, 5.41) is 2.76. The SMILES string of the molecule is C[C@H](N)C(=O)N(C(=O)Cc1cc(F)cc(F)c1)[C@H]1C[C@@H](c2ccccc2)CCNC1=O. The van der Waals surface area contributed by atoms with Crippen molar-refractivity contribution in [1.82, 2.24) is 10.2 Å². The minimum atomic E-state index is -1.07. The van der Waals surface area contributed by atoms with E-state index in [-0.39, 0.29) is 17.9 Å². The van der Waals surface area contributed by atoms with Crippen molar-refractivity contribution in [2.75, 3.05) is 6.54 Å². The molecule has 3 rings (SSSR count). The summed E-state index contributed by atoms with van der Waals surface area (Å²) < 4.78 is 27.1. The van der Waals surface area contributed by atoms with Crippen LogP contribution in [0.15, 0.2) is 48.5 Å². The molecule has 1 aliphatic rings. The molecule has 3 atom stereocenters. The Balaban J connectivity index is 1.92. The van der Waals surface area contributed by atoms with Crippen molar-refractivity contribution in [2.24, 2.45) is 5.73 Å². The van der Waals surface area contributed by atoms with Crippen molar-refractivity contribution in [3.05, 3.63) is 71.3 Å². The standard InChI is InChI=1S/C23H25F2N3O3/c1-14(26)23(31)28(21(29)11-15-9-18(24)13-19(25)10-15)20-12-17(7-8-27-22(20)30)16-5-3-2-4-6-16/h2-6,9-10,13-14,17,20H,7-8,11-12,26H2,1H3,(H,27,30)/t14-,17-,20-/m0/s1. The van der Waals surface area contributed by atoms with Crippen molar-refractivity contribution in [3.8, 4) is 0 Å². The second-order valence-corrected chi connectivity index (χ2v) is 7.78. The number of benzene rings is 2. The first-order valence-corrected chi connectivity index (χ1v) is 10.2. The van der Waals surface area contributed by atoms with E-state index in [2.05, 4.69) is 5.32 Å². The normalized spacial score (nSPS) is 19.8. The monoisotopic (exact) mass is 429 g/mol. The van der Waals surface area contributed by atoms with E-state index < -0.39 is 47.9 Å². The van der Waals surface area contributed by atoms with Crippen LogP contribution in [0, 0.1) is 11.6 Å². The van der Waals surface area contributed by atoms with Gasteiger partial charge in [0, 0.05) is 12.6 Å². The van der Waals surface area contributed by atoms with Gasteiger partial charge >= 0.3 is 0 Å². The molecule has 0 saturated carbocycles. The number of nitrogens with zero attached hydrogens (tertiary/aromatic N) is 1. The Labute approximate surface area is 179 Å². The van der Waals surface area contributed by atoms with Gasteiger partial charge in [-0.1, -0.05) is 30.3 Å². The third-order valence-electron chi connectivity index (χ3n) is 5.36. The van der Waals surface area contributed by atoms with Gasteiger partial charge in [-0.15, -0.1) is 0 Å². The van der Waals surface area contributed by atoms with Gasteiger partial charge in [-0.2, -0.15) is 0 Å². The van der Waals surface area contributed by atoms with Gasteiger partial charge < -0.3 is 11.1 Å². The Bertz CT molecular complexity index is 946. The molecular formula is C23H25F2N3O3. The fourth-order valence-electron chi connectivity index (χ4n) is 3.87. The highest BCUT2D eigenvalue weighted by Crippen LogP contribution is 2.29. The average Bonchev–Trinajstić information content (AvgIpc) is 2.90. The number of halogens is 2. The van der Waals surface area contributed by atoms with Gasteiger partial charge in [-0.05, 0) is 48.9 Å². The summed E-state index contributed by atoms with van der Waals surface area (Å²) in [5.41, 5.74) is 6.82. The zero-order chi connectivity index (χ0) is 22.5. The van der Waals surface area contributed by atoms with Gasteiger partial charge in [0.25, 0.3) is 0 Å². The highest BCUT2D eigenvalue weighted by atomic mass is 19.1. The molecule has 3 amide bonds. The van der Waals surface area contributed by atoms with Crippen molar-refractivity contribution in [1.29, 1.82) is 0 Å². The molecule has 31 heavy (non-hydrogen) atoms. The van der Waals surface area contributed by atoms with E-state index in [9.17, 15) is 23.2 Å². The summed E-state index contributed by atoms with van der Waals surface area (Å²) in [7, 11) is 0. The second kappa shape index (κ2) is 9.78. The Morgan fingerprint density at radius 3 is 2.42 bits per heavy atom. The Morgan fingerprint density at radius 2 is 1.81 bits per heavy atom. The molecule has 1 heterocycles. The van der Waals surface area contributed by atoms with Crippen LogP contribution in [0.4, 0.5) is 8.78 Å². The first-order chi connectivity index (χ1) is 14.8. The Morgan fingerprint density at radius 1 is 1.16 bits per heavy atom. The van der Waals surface area contributed by atoms with Crippen molar-refractivity contribution < 1.29 is 23.2 Å². The maximum atomic E-state index is 13.6. The molecule has 3 N–H and O–H groups in total. The molecule has 0 unspecified atom stereocenters. The molecule has 2 aromatic rings. The van der Waals surface area contributed by atoms with Crippen LogP contribution in [0.3, 0.4) is 0 Å². The maximum Gasteiger partial charge on any atom is 0.246 e. The predicted octanol–water partition coefficient (Wildman–Crippen LogP) is 2.27. The number of nitrogens with two attached hydrogens (primary N) is 1. The lowest BCUT2D eigenvalue weighted by Gasteiger charge is -2.31. The summed E-state index contributed by atoms with van der Waals surface area (Å²) >= 11 is 0. The molecule has 8 heteroatoms. The molecule has 1 saturated heterocycles. The van der Waals surface area contributed by atoms with Gasteiger partial charge in [0.1, 0.15) is 17.7 Å². The van der Waals surface area contributed by atoms with Crippen LogP contribution in [0.2, 0.25) is 0 Å². The van der Waals surface area contributed by atoms with Gasteiger partial charge in [0.15, 0.2) is 0 Å². The predicted molar refractivity (Wildman–Crippen MR) is 111 cm³/mol. The molecule has 164 valence electrons. The van der Waals surface area contributed by atoms with Crippen LogP contribution in [-0.2, 0) is 20.8 Å². The molecule has 0 bridgehead atoms. The lowest BCUT2D eigenvalue weighted by molar-refractivity contribution is -0.152. The van der Waals surface area contributed by atoms with E-state index in [1.54, 1.807) is 0 Å². The summed E-state index contributed by atoms with van der Waals surface area (Å²) in [5.74, 6) is -3.62. The van der Waals surface area contributed by atoms with E-state index in [1.807, 2.05) is 30.3 Å². The van der Waals surface area contributed by atoms with E-state index in [1.165, 1.54) is 6.92 Å². The van der Waals surface area contributed by atoms with Gasteiger partial charge in [0.05, 0.1) is 12.5 Å². The van der Waals surface area contributed by atoms with Crippen LogP contribution in [-0.4, -0.2) is 41.2 Å². The van der Waals surface area contributed by atoms with Crippen LogP contribution >= 0.6 is 0 Å². The number of hydrogen-bond acceptors (Lipinski definition) is 4. The first-order valence-electron chi connectivity index (χ1n) is 10.2. The summed E-state index contributed by atoms with van der Waals surface area (Å²) in [4.78, 5) is 39.6. The summed E-state index contributed by atoms with van der Waals surface area (Å²) in [6.07, 6.45) is 0.445. The number of amides is 3. The molecule has 1 aliphatic heterocycles. The maximum absolute atomic E-state index is 13.6. The minimum Gasteiger partial charge on any atom is -0.354 e. The molecular weight excluding hydrogens is 404 g/mol. The Hall–Kier alpha value is -3.13. The van der Waals surface area contributed by atoms with Crippen LogP contribution < -0.4 is 11.1 Å². The van der Waals surface area contributed by atoms with Crippen LogP contribution in [0.5, 0.6) is 0 Å². The average molecular weight is 429 g/mol. The van der Waals surface area contributed by atoms with E-state index in [0.717, 1.165) is 22.6 Å². The molecule has 0 aliphatic carbocycles. The third-order valence-corrected chi connectivity index (χ3v) is 5.36. The van der Waals surface area contributed by atoms with Crippen molar-refractivity contribution >= 4 is 17.7 Å². The topological polar surface area (TPSA) is 92.5 Å². The number of carbonyl (C=O) groups is 3. The lowest BCUT2D eigenvalue weighted by Crippen LogP contribution is -2.56. The smallest absolute Gasteiger partial charge is 0.246 e. The number of hydrogen-bond donors (Lipinski definition) is 2. The van der Waals surface area contributed by atoms with Gasteiger partial charge in [-0.25, -0.2) is 8.78 Å². The fourth-order valence-corrected chi connectivity index (χ4v) is 3.87. The number of nitrogens with one attached hydrogen (secondary N) is 1. The van der Waals surface area contributed by atoms with Crippen molar-refractivity contribution in [2.45, 2.75) is 44.2 Å². The molecule has 0 spiro atoms. The largest absolute Gasteiger partial charge is 0.354 e. The molecule has 6 nitrogen and oxygen atoms in total. The van der Waals surface area contributed by atoms with Gasteiger partial charge in [0.2, 0.25) is 17.7 Å². The number of imide groups is 1. The molecule has 1 fully saturated rings. The van der Waals surface area contributed by atoms with E-state index in [4.69, 9.17) is 5.73 Å². The van der Waals surface area contributed by atoms with E-state index in [0.29, 0.717) is 19.0 Å². The third kappa shape index (κ3) is 5.52. The van der Waals surface area contributed by atoms with Crippen LogP contribution in [0.25, 0.3) is 0 Å². The molecule has 2 aromatic carbocycles. The van der Waals surface area contributed by atoms with Crippen molar-refractivity contribution in [3.63, 3.8) is 0 Å². The van der Waals surface area contributed by atoms with Crippen LogP contribution in [0.1, 0.15) is 36.8 Å². The Kier molecular flexibility index (Phi) is 7.12. The zero-order valence-corrected chi connectivity index (χ0v) is 17.2. The van der Waals surface area contributed by atoms with Gasteiger partial charge in [-0.3, -0.25) is 19.3 Å². The zero-order valence-electron chi connectivity index (χ0n) is 17.2. The lowest BCUT2D eigenvalue weighted by atomic mass is 9.89. The quantitative estimate of drug-likeness (QED) is 0.763. The second-order valence-electron chi connectivity index (χ2n) is 7.78. The summed E-state index contributed by atoms with van der Waals surface area (Å²) in [6.45, 7) is 1.83.